The minimum atomic E-state index is -3.46. The van der Waals surface area contributed by atoms with Crippen LogP contribution in [0, 0.1) is 6.92 Å². The molecule has 0 fully saturated rings. The molecule has 1 aromatic carbocycles. The molecule has 16 heavy (non-hydrogen) atoms. The first-order valence-electron chi connectivity index (χ1n) is 5.13. The predicted molar refractivity (Wildman–Crippen MR) is 69.2 cm³/mol. The summed E-state index contributed by atoms with van der Waals surface area (Å²) in [6.07, 6.45) is 2.81. The highest BCUT2D eigenvalue weighted by molar-refractivity contribution is 7.99. The van der Waals surface area contributed by atoms with Gasteiger partial charge in [0.1, 0.15) is 0 Å². The van der Waals surface area contributed by atoms with Gasteiger partial charge in [0, 0.05) is 5.75 Å². The van der Waals surface area contributed by atoms with Crippen LogP contribution in [0.25, 0.3) is 0 Å². The van der Waals surface area contributed by atoms with E-state index >= 15 is 0 Å². The van der Waals surface area contributed by atoms with E-state index in [4.69, 9.17) is 0 Å². The predicted octanol–water partition coefficient (Wildman–Crippen LogP) is 2.53. The van der Waals surface area contributed by atoms with Gasteiger partial charge in [0.25, 0.3) is 10.0 Å². The summed E-state index contributed by atoms with van der Waals surface area (Å²) in [5, 5.41) is 0. The summed E-state index contributed by atoms with van der Waals surface area (Å²) in [6.45, 7) is 3.95. The monoisotopic (exact) mass is 259 g/mol. The van der Waals surface area contributed by atoms with Crippen molar-refractivity contribution in [3.8, 4) is 0 Å². The van der Waals surface area contributed by atoms with Gasteiger partial charge in [0.2, 0.25) is 0 Å². The molecule has 0 aliphatic heterocycles. The standard InChI is InChI=1S/C11H17NO2S2/c1-4-9-15(3)12-16(13,14)11-7-5-10(2)6-8-11/h5-8H,4,9H2,1-3H3/t15-/m1/s1. The largest absolute Gasteiger partial charge is 0.287 e. The van der Waals surface area contributed by atoms with Crippen LogP contribution >= 0.6 is 0 Å². The van der Waals surface area contributed by atoms with Gasteiger partial charge in [-0.25, -0.2) is 0 Å². The molecule has 1 rings (SSSR count). The lowest BCUT2D eigenvalue weighted by Gasteiger charge is -2.02. The van der Waals surface area contributed by atoms with E-state index in [0.717, 1.165) is 17.7 Å². The SMILES string of the molecule is CCC[S@@](C)=NS(=O)(=O)c1ccc(C)cc1. The zero-order valence-electron chi connectivity index (χ0n) is 9.80. The summed E-state index contributed by atoms with van der Waals surface area (Å²) in [5.41, 5.74) is 1.04. The molecule has 1 aromatic rings. The van der Waals surface area contributed by atoms with Crippen molar-refractivity contribution >= 4 is 20.7 Å². The van der Waals surface area contributed by atoms with Gasteiger partial charge in [-0.15, -0.1) is 3.77 Å². The van der Waals surface area contributed by atoms with Gasteiger partial charge >= 0.3 is 0 Å². The van der Waals surface area contributed by atoms with E-state index in [2.05, 4.69) is 3.77 Å². The minimum Gasteiger partial charge on any atom is -0.199 e. The Morgan fingerprint density at radius 1 is 1.25 bits per heavy atom. The molecule has 0 heterocycles. The quantitative estimate of drug-likeness (QED) is 0.834. The van der Waals surface area contributed by atoms with Gasteiger partial charge in [-0.05, 0) is 31.7 Å². The summed E-state index contributed by atoms with van der Waals surface area (Å²) < 4.78 is 27.6. The molecule has 0 amide bonds. The molecule has 0 N–H and O–H groups in total. The molecule has 5 heteroatoms. The average molecular weight is 259 g/mol. The fourth-order valence-corrected chi connectivity index (χ4v) is 4.31. The Morgan fingerprint density at radius 2 is 1.81 bits per heavy atom. The first kappa shape index (κ1) is 13.4. The van der Waals surface area contributed by atoms with Crippen molar-refractivity contribution in [2.45, 2.75) is 25.2 Å². The first-order chi connectivity index (χ1) is 7.45. The normalized spacial score (nSPS) is 13.9. The van der Waals surface area contributed by atoms with Crippen molar-refractivity contribution < 1.29 is 8.42 Å². The Balaban J connectivity index is 3.03. The van der Waals surface area contributed by atoms with Crippen LogP contribution < -0.4 is 0 Å². The van der Waals surface area contributed by atoms with Crippen molar-refractivity contribution in [1.82, 2.24) is 0 Å². The maximum absolute atomic E-state index is 11.9. The van der Waals surface area contributed by atoms with E-state index in [1.807, 2.05) is 20.1 Å². The number of hydrogen-bond donors (Lipinski definition) is 0. The number of hydrogen-bond acceptors (Lipinski definition) is 2. The highest BCUT2D eigenvalue weighted by Crippen LogP contribution is 2.14. The molecule has 0 radical (unpaired) electrons. The van der Waals surface area contributed by atoms with Crippen LogP contribution in [0.5, 0.6) is 0 Å². The Kier molecular flexibility index (Phi) is 4.68. The van der Waals surface area contributed by atoms with E-state index in [-0.39, 0.29) is 4.90 Å². The van der Waals surface area contributed by atoms with Crippen LogP contribution in [0.3, 0.4) is 0 Å². The van der Waals surface area contributed by atoms with Gasteiger partial charge in [0.15, 0.2) is 0 Å². The third-order valence-electron chi connectivity index (χ3n) is 2.04. The second-order valence-electron chi connectivity index (χ2n) is 3.67. The average Bonchev–Trinajstić information content (AvgIpc) is 2.17. The highest BCUT2D eigenvalue weighted by atomic mass is 32.3. The molecular formula is C11H17NO2S2. The van der Waals surface area contributed by atoms with Crippen LogP contribution in [0.4, 0.5) is 0 Å². The highest BCUT2D eigenvalue weighted by Gasteiger charge is 2.11. The lowest BCUT2D eigenvalue weighted by molar-refractivity contribution is 0.598. The van der Waals surface area contributed by atoms with Crippen LogP contribution in [-0.2, 0) is 20.7 Å². The molecule has 0 bridgehead atoms. The maximum Gasteiger partial charge on any atom is 0.287 e. The minimum absolute atomic E-state index is 0.286. The second-order valence-corrected chi connectivity index (χ2v) is 7.29. The summed E-state index contributed by atoms with van der Waals surface area (Å²) in [6, 6.07) is 6.79. The topological polar surface area (TPSA) is 46.5 Å². The van der Waals surface area contributed by atoms with E-state index in [9.17, 15) is 8.42 Å². The van der Waals surface area contributed by atoms with E-state index < -0.39 is 20.7 Å². The van der Waals surface area contributed by atoms with Gasteiger partial charge in [-0.2, -0.15) is 8.42 Å². The summed E-state index contributed by atoms with van der Waals surface area (Å²) in [5.74, 6) is 0.824. The van der Waals surface area contributed by atoms with Gasteiger partial charge in [0.05, 0.1) is 4.90 Å². The molecule has 0 spiro atoms. The number of rotatable bonds is 4. The molecule has 3 nitrogen and oxygen atoms in total. The zero-order chi connectivity index (χ0) is 12.2. The number of benzene rings is 1. The lowest BCUT2D eigenvalue weighted by atomic mass is 10.2. The Labute approximate surface area is 100 Å². The third kappa shape index (κ3) is 3.72. The number of nitrogens with zero attached hydrogens (tertiary/aromatic N) is 1. The van der Waals surface area contributed by atoms with Crippen LogP contribution in [0.2, 0.25) is 0 Å². The summed E-state index contributed by atoms with van der Waals surface area (Å²) >= 11 is 0. The second kappa shape index (κ2) is 5.59. The van der Waals surface area contributed by atoms with Crippen LogP contribution in [0.15, 0.2) is 32.9 Å². The van der Waals surface area contributed by atoms with Crippen LogP contribution in [-0.4, -0.2) is 20.4 Å². The smallest absolute Gasteiger partial charge is 0.199 e. The summed E-state index contributed by atoms with van der Waals surface area (Å²) in [7, 11) is -3.87. The molecule has 0 saturated heterocycles. The molecule has 0 aliphatic rings. The maximum atomic E-state index is 11.9. The van der Waals surface area contributed by atoms with Crippen molar-refractivity contribution in [3.05, 3.63) is 29.8 Å². The zero-order valence-corrected chi connectivity index (χ0v) is 11.4. The molecule has 1 atom stereocenters. The van der Waals surface area contributed by atoms with Gasteiger partial charge in [-0.3, -0.25) is 0 Å². The van der Waals surface area contributed by atoms with E-state index in [0.29, 0.717) is 0 Å². The molecule has 0 saturated carbocycles. The molecule has 0 aliphatic carbocycles. The molecule has 0 aromatic heterocycles. The first-order valence-corrected chi connectivity index (χ1v) is 8.33. The molecule has 90 valence electrons. The summed E-state index contributed by atoms with van der Waals surface area (Å²) in [4.78, 5) is 0.286. The van der Waals surface area contributed by atoms with Gasteiger partial charge in [-0.1, -0.05) is 35.3 Å². The van der Waals surface area contributed by atoms with Crippen LogP contribution in [0.1, 0.15) is 18.9 Å². The van der Waals surface area contributed by atoms with Crippen molar-refractivity contribution in [3.63, 3.8) is 0 Å². The van der Waals surface area contributed by atoms with Crippen molar-refractivity contribution in [1.29, 1.82) is 0 Å². The Bertz CT molecular complexity index is 475. The number of aryl methyl sites for hydroxylation is 1. The fraction of sp³-hybridized carbons (Fsp3) is 0.455. The van der Waals surface area contributed by atoms with Crippen molar-refractivity contribution in [2.24, 2.45) is 3.77 Å². The molecular weight excluding hydrogens is 242 g/mol. The van der Waals surface area contributed by atoms with Gasteiger partial charge < -0.3 is 0 Å². The van der Waals surface area contributed by atoms with Crippen molar-refractivity contribution in [2.75, 3.05) is 12.0 Å². The lowest BCUT2D eigenvalue weighted by Crippen LogP contribution is -2.01. The molecule has 0 unspecified atom stereocenters. The Morgan fingerprint density at radius 3 is 2.31 bits per heavy atom. The Hall–Kier alpha value is -0.680. The third-order valence-corrected chi connectivity index (χ3v) is 5.71. The number of sulfonamides is 1. The van der Waals surface area contributed by atoms with E-state index in [1.165, 1.54) is 0 Å². The van der Waals surface area contributed by atoms with E-state index in [1.54, 1.807) is 24.3 Å². The fourth-order valence-electron chi connectivity index (χ4n) is 1.25.